The van der Waals surface area contributed by atoms with E-state index in [9.17, 15) is 9.59 Å². The van der Waals surface area contributed by atoms with Crippen LogP contribution in [0.3, 0.4) is 0 Å². The predicted molar refractivity (Wildman–Crippen MR) is 275 cm³/mol. The second-order valence-corrected chi connectivity index (χ2v) is 18.7. The molecule has 342 valence electrons. The molecule has 0 aliphatic carbocycles. The van der Waals surface area contributed by atoms with Gasteiger partial charge in [-0.25, -0.2) is 37.3 Å². The first-order chi connectivity index (χ1) is 32.9. The maximum absolute atomic E-state index is 13.2. The number of hydrogen-bond donors (Lipinski definition) is 0. The molecule has 68 heavy (non-hydrogen) atoms. The van der Waals surface area contributed by atoms with Gasteiger partial charge < -0.3 is 18.5 Å². The van der Waals surface area contributed by atoms with Crippen molar-refractivity contribution in [3.8, 4) is 34.1 Å². The van der Waals surface area contributed by atoms with Crippen LogP contribution in [0, 0.1) is 0 Å². The highest BCUT2D eigenvalue weighted by atomic mass is 35.5. The Morgan fingerprint density at radius 1 is 0.485 bits per heavy atom. The quantitative estimate of drug-likeness (QED) is 0.0436. The highest BCUT2D eigenvalue weighted by molar-refractivity contribution is 7.50. The van der Waals surface area contributed by atoms with E-state index < -0.39 is 16.9 Å². The fourth-order valence-electron chi connectivity index (χ4n) is 7.21. The summed E-state index contributed by atoms with van der Waals surface area (Å²) in [6.07, 6.45) is 14.5. The van der Waals surface area contributed by atoms with Crippen molar-refractivity contribution in [2.75, 3.05) is 14.2 Å². The van der Waals surface area contributed by atoms with E-state index in [1.807, 2.05) is 0 Å². The maximum atomic E-state index is 13.2. The molecular weight excluding hydrogens is 988 g/mol. The Hall–Kier alpha value is -6.76. The van der Waals surface area contributed by atoms with Crippen LogP contribution in [0.5, 0.6) is 23.0 Å². The van der Waals surface area contributed by atoms with Crippen molar-refractivity contribution in [1.29, 1.82) is 0 Å². The number of allylic oxidation sites excluding steroid dienone is 2. The van der Waals surface area contributed by atoms with E-state index in [-0.39, 0.29) is 43.7 Å². The van der Waals surface area contributed by atoms with Gasteiger partial charge in [0, 0.05) is 45.2 Å². The molecule has 0 amide bonds. The molecule has 8 rings (SSSR count). The Bertz CT molecular complexity index is 3100. The van der Waals surface area contributed by atoms with Gasteiger partial charge in [0.25, 0.3) is 0 Å². The number of rotatable bonds is 19. The largest absolute Gasteiger partial charge is 0.496 e. The van der Waals surface area contributed by atoms with E-state index in [2.05, 4.69) is 59.4 Å². The minimum Gasteiger partial charge on any atom is -0.496 e. The van der Waals surface area contributed by atoms with E-state index >= 15 is 0 Å². The van der Waals surface area contributed by atoms with Crippen molar-refractivity contribution in [3.05, 3.63) is 180 Å². The average molecular weight is 1020 g/mol. The van der Waals surface area contributed by atoms with E-state index in [4.69, 9.17) is 64.9 Å². The van der Waals surface area contributed by atoms with Gasteiger partial charge in [0.05, 0.1) is 14.2 Å². The Kier molecular flexibility index (Phi) is 13.9. The smallest absolute Gasteiger partial charge is 0.322 e. The molecule has 8 aromatic rings. The van der Waals surface area contributed by atoms with Crippen molar-refractivity contribution >= 4 is 121 Å². The summed E-state index contributed by atoms with van der Waals surface area (Å²) >= 11 is 28.0. The predicted octanol–water partition coefficient (Wildman–Crippen LogP) is 13.8. The number of ketones is 2. The third-order valence-electron chi connectivity index (χ3n) is 10.5. The number of fused-ring (bicyclic) bond motifs is 2. The first-order valence-electron chi connectivity index (χ1n) is 19.9. The van der Waals surface area contributed by atoms with Crippen LogP contribution >= 0.6 is 63.3 Å². The second-order valence-electron chi connectivity index (χ2n) is 14.1. The molecule has 0 spiro atoms. The van der Waals surface area contributed by atoms with Crippen LogP contribution in [0.4, 0.5) is 0 Å². The summed E-state index contributed by atoms with van der Waals surface area (Å²) in [6.45, 7) is 22.9. The molecule has 0 unspecified atom stereocenters. The van der Waals surface area contributed by atoms with Gasteiger partial charge in [-0.15, -0.1) is 0 Å². The minimum absolute atomic E-state index is 0.189. The highest BCUT2D eigenvalue weighted by Crippen LogP contribution is 2.57. The molecule has 0 bridgehead atoms. The summed E-state index contributed by atoms with van der Waals surface area (Å²) in [5, 5.41) is 2.82. The molecular formula is C48H36Cl4N8O6P2. The number of hydrogen-bond acceptors (Lipinski definition) is 10. The third kappa shape index (κ3) is 8.34. The first-order valence-corrected chi connectivity index (χ1v) is 23.7. The van der Waals surface area contributed by atoms with Crippen LogP contribution in [0.25, 0.3) is 57.0 Å². The fraction of sp³-hybridized carbons (Fsp3) is 0.0417. The van der Waals surface area contributed by atoms with Crippen LogP contribution in [-0.2, 0) is 0 Å². The van der Waals surface area contributed by atoms with E-state index in [0.717, 1.165) is 0 Å². The number of halogens is 4. The van der Waals surface area contributed by atoms with Gasteiger partial charge in [0.15, 0.2) is 11.6 Å². The van der Waals surface area contributed by atoms with Crippen molar-refractivity contribution < 1.29 is 28.1 Å². The molecule has 0 atom stereocenters. The van der Waals surface area contributed by atoms with Crippen molar-refractivity contribution in [2.45, 2.75) is 0 Å². The number of carbonyl (C=O) groups excluding carboxylic acids is 2. The number of ether oxygens (including phenoxy) is 2. The fourth-order valence-corrected chi connectivity index (χ4v) is 11.6. The summed E-state index contributed by atoms with van der Waals surface area (Å²) in [6, 6.07) is 13.6. The molecule has 0 saturated heterocycles. The molecule has 0 N–H and O–H groups in total. The summed E-state index contributed by atoms with van der Waals surface area (Å²) in [7, 11) is -1.37. The maximum Gasteiger partial charge on any atom is 0.322 e. The van der Waals surface area contributed by atoms with E-state index in [1.165, 1.54) is 76.0 Å². The molecule has 0 saturated carbocycles. The third-order valence-corrected chi connectivity index (χ3v) is 15.9. The molecule has 20 heteroatoms. The zero-order valence-electron chi connectivity index (χ0n) is 36.1. The topological polar surface area (TPSA) is 142 Å². The number of nitrogens with zero attached hydrogens (tertiary/aromatic N) is 8. The number of methoxy groups -OCH3 is 2. The van der Waals surface area contributed by atoms with Gasteiger partial charge in [0.1, 0.15) is 91.7 Å². The lowest BCUT2D eigenvalue weighted by molar-refractivity contribution is 0.103. The molecule has 4 aromatic heterocycles. The van der Waals surface area contributed by atoms with Crippen molar-refractivity contribution in [2.24, 2.45) is 0 Å². The first kappa shape index (κ1) is 47.7. The van der Waals surface area contributed by atoms with Gasteiger partial charge in [-0.2, -0.15) is 0 Å². The van der Waals surface area contributed by atoms with Gasteiger partial charge in [0.2, 0.25) is 0 Å². The second kappa shape index (κ2) is 19.8. The average Bonchev–Trinajstić information content (AvgIpc) is 4.14. The molecule has 0 fully saturated rings. The number of aromatic nitrogens is 8. The molecule has 0 aliphatic rings. The lowest BCUT2D eigenvalue weighted by Gasteiger charge is -2.27. The summed E-state index contributed by atoms with van der Waals surface area (Å²) in [4.78, 5) is 44.3. The highest BCUT2D eigenvalue weighted by Gasteiger charge is 2.33. The van der Waals surface area contributed by atoms with E-state index in [1.54, 1.807) is 65.9 Å². The molecule has 4 aromatic carbocycles. The van der Waals surface area contributed by atoms with Crippen LogP contribution in [0.15, 0.2) is 125 Å². The number of carbonyl (C=O) groups is 2. The summed E-state index contributed by atoms with van der Waals surface area (Å²) < 4.78 is 33.1. The zero-order valence-corrected chi connectivity index (χ0v) is 40.9. The monoisotopic (exact) mass is 1020 g/mol. The Morgan fingerprint density at radius 3 is 1.04 bits per heavy atom. The van der Waals surface area contributed by atoms with Gasteiger partial charge in [-0.05, 0) is 59.4 Å². The van der Waals surface area contributed by atoms with Gasteiger partial charge in [-0.1, -0.05) is 110 Å². The molecule has 4 heterocycles. The Morgan fingerprint density at radius 2 is 0.794 bits per heavy atom. The number of imidazole rings is 4. The molecule has 0 radical (unpaired) electrons. The molecule has 0 aliphatic heterocycles. The van der Waals surface area contributed by atoms with Crippen LogP contribution in [0.2, 0.25) is 20.6 Å². The summed E-state index contributed by atoms with van der Waals surface area (Å²) in [5.74, 6) is 0.408. The van der Waals surface area contributed by atoms with Crippen LogP contribution < -0.4 is 18.5 Å². The number of benzene rings is 4. The van der Waals surface area contributed by atoms with Gasteiger partial charge in [-0.3, -0.25) is 9.59 Å². The van der Waals surface area contributed by atoms with Crippen LogP contribution in [-0.4, -0.2) is 63.1 Å². The van der Waals surface area contributed by atoms with E-state index in [0.29, 0.717) is 78.1 Å². The normalized spacial score (nSPS) is 11.2. The van der Waals surface area contributed by atoms with Crippen molar-refractivity contribution in [1.82, 2.24) is 37.3 Å². The summed E-state index contributed by atoms with van der Waals surface area (Å²) in [5.41, 5.74) is 3.02. The SMILES string of the molecule is C=CC(=O)c1ccc2c(-c3c(OP(n4cnc(C=C)c4Cl)n4cnc(C=C)c4Cl)cc(OC)c4cc(C(=O)C=C)ccc34)c(OP(n3cnc(C=C)c3Cl)n3cnc(C=C)c3Cl)cc(OC)c2c1. The lowest BCUT2D eigenvalue weighted by Crippen LogP contribution is -2.09. The van der Waals surface area contributed by atoms with Gasteiger partial charge >= 0.3 is 16.9 Å². The molecule has 14 nitrogen and oxygen atoms in total. The standard InChI is InChI=1S/C48H36Cl4N8O6P2/c1-9-33-45(49)57(23-53-33)67(58-24-54-34(10-2)46(58)50)65-41-21-39(63-7)31-19-27(37(61)13-5)15-17-29(31)43(41)44-30-18-16-28(38(62)14-6)20-32(30)40(64-8)22-42(44)66-68(59-25-55-35(11-3)47(59)51)60-26-56-36(12-4)48(60)52/h9-26H,1-6H2,7-8H3. The Balaban J connectivity index is 1.53. The zero-order chi connectivity index (χ0) is 48.6. The van der Waals surface area contributed by atoms with Crippen LogP contribution in [0.1, 0.15) is 43.5 Å². The minimum atomic E-state index is -2.18. The Labute approximate surface area is 412 Å². The van der Waals surface area contributed by atoms with Crippen molar-refractivity contribution in [3.63, 3.8) is 0 Å². The lowest BCUT2D eigenvalue weighted by atomic mass is 9.89.